The van der Waals surface area contributed by atoms with Gasteiger partial charge in [-0.25, -0.2) is 0 Å². The van der Waals surface area contributed by atoms with E-state index in [4.69, 9.17) is 22.1 Å². The van der Waals surface area contributed by atoms with Crippen LogP contribution in [-0.4, -0.2) is 39.0 Å². The highest BCUT2D eigenvalue weighted by Crippen LogP contribution is 2.40. The Kier molecular flexibility index (Phi) is 1.70. The molecule has 0 aromatic rings. The Morgan fingerprint density at radius 1 is 1.73 bits per heavy atom. The van der Waals surface area contributed by atoms with Gasteiger partial charge in [0.25, 0.3) is 0 Å². The van der Waals surface area contributed by atoms with Crippen molar-refractivity contribution >= 4 is 7.85 Å². The van der Waals surface area contributed by atoms with Crippen LogP contribution in [-0.2, 0) is 14.2 Å². The van der Waals surface area contributed by atoms with E-state index in [2.05, 4.69) is 0 Å². The van der Waals surface area contributed by atoms with Crippen molar-refractivity contribution in [1.29, 1.82) is 0 Å². The van der Waals surface area contributed by atoms with E-state index in [1.165, 1.54) is 0 Å². The number of fused-ring (bicyclic) bond motifs is 1. The second kappa shape index (κ2) is 2.47. The van der Waals surface area contributed by atoms with Crippen LogP contribution in [0.3, 0.4) is 0 Å². The second-order valence-electron chi connectivity index (χ2n) is 2.94. The summed E-state index contributed by atoms with van der Waals surface area (Å²) in [6, 6.07) is -0.214. The maximum absolute atomic E-state index is 5.59. The van der Waals surface area contributed by atoms with E-state index < -0.39 is 5.79 Å². The van der Waals surface area contributed by atoms with Gasteiger partial charge in [0.1, 0.15) is 20.6 Å². The zero-order chi connectivity index (χ0) is 7.90. The van der Waals surface area contributed by atoms with Gasteiger partial charge in [-0.15, -0.1) is 0 Å². The third-order valence-corrected chi connectivity index (χ3v) is 2.16. The van der Waals surface area contributed by atoms with Gasteiger partial charge in [0.05, 0.1) is 0 Å². The van der Waals surface area contributed by atoms with Gasteiger partial charge in [-0.2, -0.15) is 0 Å². The van der Waals surface area contributed by atoms with Crippen LogP contribution in [0.15, 0.2) is 0 Å². The molecule has 0 spiro atoms. The average Bonchev–Trinajstić information content (AvgIpc) is 2.15. The summed E-state index contributed by atoms with van der Waals surface area (Å²) in [5.41, 5.74) is 0. The number of hydrogen-bond acceptors (Lipinski definition) is 3. The number of ether oxygens (including phenoxy) is 3. The Morgan fingerprint density at radius 2 is 2.55 bits per heavy atom. The molecular weight excluding hydrogens is 143 g/mol. The number of rotatable bonds is 2. The Hall–Kier alpha value is -0.0551. The van der Waals surface area contributed by atoms with Gasteiger partial charge in [-0.1, -0.05) is 0 Å². The quantitative estimate of drug-likeness (QED) is 0.525. The molecule has 3 nitrogen and oxygen atoms in total. The third kappa shape index (κ3) is 1.01. The van der Waals surface area contributed by atoms with Crippen LogP contribution in [0.2, 0.25) is 0 Å². The first kappa shape index (κ1) is 7.59. The minimum Gasteiger partial charge on any atom is -0.367 e. The summed E-state index contributed by atoms with van der Waals surface area (Å²) < 4.78 is 16.1. The van der Waals surface area contributed by atoms with Crippen molar-refractivity contribution in [1.82, 2.24) is 0 Å². The average molecular weight is 154 g/mol. The summed E-state index contributed by atoms with van der Waals surface area (Å²) in [5, 5.41) is 0. The smallest absolute Gasteiger partial charge is 0.218 e. The largest absolute Gasteiger partial charge is 0.367 e. The Balaban J connectivity index is 2.02. The molecule has 2 heterocycles. The molecule has 3 atom stereocenters. The third-order valence-electron chi connectivity index (χ3n) is 2.16. The van der Waals surface area contributed by atoms with Crippen LogP contribution in [0.4, 0.5) is 0 Å². The molecule has 2 rings (SSSR count). The summed E-state index contributed by atoms with van der Waals surface area (Å²) in [5.74, 6) is -0.492. The first-order chi connectivity index (χ1) is 5.27. The Morgan fingerprint density at radius 3 is 3.00 bits per heavy atom. The van der Waals surface area contributed by atoms with E-state index in [9.17, 15) is 0 Å². The van der Waals surface area contributed by atoms with Crippen LogP contribution >= 0.6 is 0 Å². The van der Waals surface area contributed by atoms with Crippen molar-refractivity contribution in [2.24, 2.45) is 0 Å². The van der Waals surface area contributed by atoms with E-state index in [0.717, 1.165) is 6.42 Å². The molecule has 2 fully saturated rings. The van der Waals surface area contributed by atoms with Gasteiger partial charge in [-0.05, 0) is 13.3 Å². The fourth-order valence-electron chi connectivity index (χ4n) is 1.62. The fourth-order valence-corrected chi connectivity index (χ4v) is 1.62. The molecular formula is C7H11BO3. The molecule has 0 unspecified atom stereocenters. The SMILES string of the molecule is [B][C@H]1C[C@@H]2OC[C@]2(OCC)O1. The predicted molar refractivity (Wildman–Crippen MR) is 39.3 cm³/mol. The molecule has 0 bridgehead atoms. The van der Waals surface area contributed by atoms with Crippen LogP contribution in [0.5, 0.6) is 0 Å². The zero-order valence-corrected chi connectivity index (χ0v) is 6.58. The molecule has 0 amide bonds. The van der Waals surface area contributed by atoms with E-state index in [0.29, 0.717) is 13.2 Å². The van der Waals surface area contributed by atoms with Crippen molar-refractivity contribution < 1.29 is 14.2 Å². The van der Waals surface area contributed by atoms with Crippen molar-refractivity contribution in [2.45, 2.75) is 31.2 Å². The van der Waals surface area contributed by atoms with Crippen molar-refractivity contribution in [3.05, 3.63) is 0 Å². The van der Waals surface area contributed by atoms with Crippen LogP contribution < -0.4 is 0 Å². The summed E-state index contributed by atoms with van der Waals surface area (Å²) in [6.07, 6.45) is 0.817. The monoisotopic (exact) mass is 154 g/mol. The Bertz CT molecular complexity index is 164. The lowest BCUT2D eigenvalue weighted by molar-refractivity contribution is -0.345. The summed E-state index contributed by atoms with van der Waals surface area (Å²) >= 11 is 0. The van der Waals surface area contributed by atoms with Gasteiger partial charge < -0.3 is 14.2 Å². The molecule has 11 heavy (non-hydrogen) atoms. The molecule has 2 saturated heterocycles. The van der Waals surface area contributed by atoms with Gasteiger partial charge in [0, 0.05) is 12.6 Å². The lowest BCUT2D eigenvalue weighted by Gasteiger charge is -2.42. The normalized spacial score (nSPS) is 48.5. The highest BCUT2D eigenvalue weighted by atomic mass is 16.8. The zero-order valence-electron chi connectivity index (χ0n) is 6.58. The van der Waals surface area contributed by atoms with Gasteiger partial charge in [-0.3, -0.25) is 0 Å². The predicted octanol–water partition coefficient (Wildman–Crippen LogP) is 0.0329. The maximum Gasteiger partial charge on any atom is 0.218 e. The highest BCUT2D eigenvalue weighted by molar-refractivity contribution is 6.11. The molecule has 4 heteroatoms. The molecule has 0 aromatic carbocycles. The van der Waals surface area contributed by atoms with Gasteiger partial charge in [0.2, 0.25) is 5.79 Å². The summed E-state index contributed by atoms with van der Waals surface area (Å²) in [4.78, 5) is 0. The maximum atomic E-state index is 5.59. The van der Waals surface area contributed by atoms with Crippen LogP contribution in [0.1, 0.15) is 13.3 Å². The lowest BCUT2D eigenvalue weighted by atomic mass is 9.94. The molecule has 0 saturated carbocycles. The Labute approximate surface area is 67.4 Å². The van der Waals surface area contributed by atoms with Crippen LogP contribution in [0.25, 0.3) is 0 Å². The van der Waals surface area contributed by atoms with Crippen molar-refractivity contribution in [3.8, 4) is 0 Å². The first-order valence-electron chi connectivity index (χ1n) is 3.96. The highest BCUT2D eigenvalue weighted by Gasteiger charge is 2.56. The standard InChI is InChI=1S/C7H11BO3/c1-2-10-7-4-9-5(7)3-6(8)11-7/h5-6H,2-4H2,1H3/t5-,6+,7-/m0/s1. The molecule has 2 radical (unpaired) electrons. The van der Waals surface area contributed by atoms with Crippen molar-refractivity contribution in [3.63, 3.8) is 0 Å². The molecule has 0 aliphatic carbocycles. The van der Waals surface area contributed by atoms with Gasteiger partial charge >= 0.3 is 0 Å². The van der Waals surface area contributed by atoms with Crippen molar-refractivity contribution in [2.75, 3.05) is 13.2 Å². The molecule has 2 aliphatic heterocycles. The van der Waals surface area contributed by atoms with Crippen LogP contribution in [0, 0.1) is 0 Å². The first-order valence-corrected chi connectivity index (χ1v) is 3.96. The van der Waals surface area contributed by atoms with E-state index in [1.54, 1.807) is 0 Å². The molecule has 2 aliphatic rings. The topological polar surface area (TPSA) is 27.7 Å². The minimum atomic E-state index is -0.492. The van der Waals surface area contributed by atoms with E-state index >= 15 is 0 Å². The molecule has 0 aromatic heterocycles. The second-order valence-corrected chi connectivity index (χ2v) is 2.94. The fraction of sp³-hybridized carbons (Fsp3) is 1.00. The summed E-state index contributed by atoms with van der Waals surface area (Å²) in [6.45, 7) is 3.11. The van der Waals surface area contributed by atoms with Gasteiger partial charge in [0.15, 0.2) is 0 Å². The van der Waals surface area contributed by atoms with E-state index in [-0.39, 0.29) is 12.1 Å². The summed E-state index contributed by atoms with van der Waals surface area (Å²) in [7, 11) is 5.59. The minimum absolute atomic E-state index is 0.0671. The number of hydrogen-bond donors (Lipinski definition) is 0. The van der Waals surface area contributed by atoms with E-state index in [1.807, 2.05) is 6.92 Å². The lowest BCUT2D eigenvalue weighted by Crippen LogP contribution is -2.57. The molecule has 60 valence electrons. The molecule has 0 N–H and O–H groups in total.